The highest BCUT2D eigenvalue weighted by atomic mass is 16.5. The predicted molar refractivity (Wildman–Crippen MR) is 67.4 cm³/mol. The van der Waals surface area contributed by atoms with Gasteiger partial charge in [0.05, 0.1) is 7.11 Å². The number of ether oxygens (including phenoxy) is 1. The highest BCUT2D eigenvalue weighted by Gasteiger charge is 2.21. The van der Waals surface area contributed by atoms with E-state index in [-0.39, 0.29) is 0 Å². The number of methoxy groups -OCH3 is 1. The SMILES string of the molecule is COc1cccc2c3c(ccc12)NCC3C. The van der Waals surface area contributed by atoms with Crippen molar-refractivity contribution in [3.63, 3.8) is 0 Å². The average Bonchev–Trinajstić information content (AvgIpc) is 2.70. The zero-order chi connectivity index (χ0) is 11.1. The van der Waals surface area contributed by atoms with Crippen molar-refractivity contribution in [2.45, 2.75) is 12.8 Å². The molecule has 0 amide bonds. The Kier molecular flexibility index (Phi) is 2.03. The smallest absolute Gasteiger partial charge is 0.126 e. The van der Waals surface area contributed by atoms with Crippen LogP contribution < -0.4 is 10.1 Å². The molecule has 2 heteroatoms. The van der Waals surface area contributed by atoms with E-state index < -0.39 is 0 Å². The predicted octanol–water partition coefficient (Wildman–Crippen LogP) is 3.38. The van der Waals surface area contributed by atoms with E-state index >= 15 is 0 Å². The molecule has 1 N–H and O–H groups in total. The van der Waals surface area contributed by atoms with Crippen molar-refractivity contribution in [1.29, 1.82) is 0 Å². The Hall–Kier alpha value is -1.70. The summed E-state index contributed by atoms with van der Waals surface area (Å²) in [6, 6.07) is 10.6. The fourth-order valence-corrected chi connectivity index (χ4v) is 2.58. The number of hydrogen-bond donors (Lipinski definition) is 1. The van der Waals surface area contributed by atoms with Gasteiger partial charge >= 0.3 is 0 Å². The van der Waals surface area contributed by atoms with Crippen LogP contribution in [0.15, 0.2) is 30.3 Å². The lowest BCUT2D eigenvalue weighted by atomic mass is 9.96. The molecule has 0 saturated carbocycles. The molecule has 3 rings (SSSR count). The van der Waals surface area contributed by atoms with Crippen molar-refractivity contribution in [1.82, 2.24) is 0 Å². The number of nitrogens with one attached hydrogen (secondary N) is 1. The molecule has 0 bridgehead atoms. The second-order valence-electron chi connectivity index (χ2n) is 4.36. The van der Waals surface area contributed by atoms with E-state index in [1.54, 1.807) is 7.11 Å². The molecule has 1 heterocycles. The molecule has 0 fully saturated rings. The van der Waals surface area contributed by atoms with Gasteiger partial charge in [0.25, 0.3) is 0 Å². The van der Waals surface area contributed by atoms with Gasteiger partial charge in [0.15, 0.2) is 0 Å². The van der Waals surface area contributed by atoms with Crippen LogP contribution in [0.25, 0.3) is 10.8 Å². The van der Waals surface area contributed by atoms with E-state index in [9.17, 15) is 0 Å². The first-order chi connectivity index (χ1) is 7.81. The summed E-state index contributed by atoms with van der Waals surface area (Å²) in [5.41, 5.74) is 2.70. The summed E-state index contributed by atoms with van der Waals surface area (Å²) in [4.78, 5) is 0. The summed E-state index contributed by atoms with van der Waals surface area (Å²) in [7, 11) is 1.73. The third-order valence-electron chi connectivity index (χ3n) is 3.37. The largest absolute Gasteiger partial charge is 0.496 e. The van der Waals surface area contributed by atoms with E-state index in [1.165, 1.54) is 22.0 Å². The summed E-state index contributed by atoms with van der Waals surface area (Å²) >= 11 is 0. The molecule has 0 saturated heterocycles. The molecule has 0 aliphatic carbocycles. The van der Waals surface area contributed by atoms with E-state index in [0.29, 0.717) is 5.92 Å². The molecular weight excluding hydrogens is 198 g/mol. The van der Waals surface area contributed by atoms with Crippen LogP contribution in [-0.4, -0.2) is 13.7 Å². The molecule has 82 valence electrons. The first-order valence-electron chi connectivity index (χ1n) is 5.64. The minimum atomic E-state index is 0.575. The maximum atomic E-state index is 5.40. The molecule has 16 heavy (non-hydrogen) atoms. The van der Waals surface area contributed by atoms with Gasteiger partial charge in [-0.1, -0.05) is 19.1 Å². The molecule has 1 aliphatic heterocycles. The normalized spacial score (nSPS) is 18.2. The number of anilines is 1. The minimum Gasteiger partial charge on any atom is -0.496 e. The molecule has 2 nitrogen and oxygen atoms in total. The summed E-state index contributed by atoms with van der Waals surface area (Å²) < 4.78 is 5.40. The maximum absolute atomic E-state index is 5.40. The van der Waals surface area contributed by atoms with Crippen molar-refractivity contribution in [3.8, 4) is 5.75 Å². The van der Waals surface area contributed by atoms with Crippen LogP contribution in [0.3, 0.4) is 0 Å². The van der Waals surface area contributed by atoms with Crippen molar-refractivity contribution in [2.24, 2.45) is 0 Å². The summed E-state index contributed by atoms with van der Waals surface area (Å²) in [6.07, 6.45) is 0. The zero-order valence-corrected chi connectivity index (χ0v) is 9.58. The number of hydrogen-bond acceptors (Lipinski definition) is 2. The highest BCUT2D eigenvalue weighted by Crippen LogP contribution is 2.39. The fourth-order valence-electron chi connectivity index (χ4n) is 2.58. The second kappa shape index (κ2) is 3.41. The quantitative estimate of drug-likeness (QED) is 0.784. The van der Waals surface area contributed by atoms with E-state index in [4.69, 9.17) is 4.74 Å². The van der Waals surface area contributed by atoms with Crippen molar-refractivity contribution < 1.29 is 4.74 Å². The highest BCUT2D eigenvalue weighted by molar-refractivity contribution is 5.95. The number of benzene rings is 2. The molecular formula is C14H15NO. The molecule has 2 aromatic rings. The van der Waals surface area contributed by atoms with Gasteiger partial charge in [-0.3, -0.25) is 0 Å². The Bertz CT molecular complexity index is 548. The Morgan fingerprint density at radius 3 is 2.88 bits per heavy atom. The van der Waals surface area contributed by atoms with Gasteiger partial charge in [0, 0.05) is 23.5 Å². The van der Waals surface area contributed by atoms with Crippen molar-refractivity contribution >= 4 is 16.5 Å². The van der Waals surface area contributed by atoms with E-state index in [0.717, 1.165) is 12.3 Å². The van der Waals surface area contributed by atoms with Crippen LogP contribution in [0.5, 0.6) is 5.75 Å². The lowest BCUT2D eigenvalue weighted by Crippen LogP contribution is -1.96. The van der Waals surface area contributed by atoms with Crippen LogP contribution >= 0.6 is 0 Å². The Labute approximate surface area is 95.2 Å². The van der Waals surface area contributed by atoms with Gasteiger partial charge in [-0.25, -0.2) is 0 Å². The topological polar surface area (TPSA) is 21.3 Å². The van der Waals surface area contributed by atoms with Gasteiger partial charge in [0.2, 0.25) is 0 Å². The number of rotatable bonds is 1. The van der Waals surface area contributed by atoms with Gasteiger partial charge in [-0.15, -0.1) is 0 Å². The van der Waals surface area contributed by atoms with E-state index in [1.807, 2.05) is 6.07 Å². The van der Waals surface area contributed by atoms with Gasteiger partial charge in [0.1, 0.15) is 5.75 Å². The first kappa shape index (κ1) is 9.52. The van der Waals surface area contributed by atoms with Gasteiger partial charge < -0.3 is 10.1 Å². The van der Waals surface area contributed by atoms with Gasteiger partial charge in [-0.05, 0) is 29.1 Å². The fraction of sp³-hybridized carbons (Fsp3) is 0.286. The monoisotopic (exact) mass is 213 g/mol. The van der Waals surface area contributed by atoms with E-state index in [2.05, 4.69) is 36.5 Å². The molecule has 0 spiro atoms. The molecule has 0 aromatic heterocycles. The Balaban J connectivity index is 2.37. The Morgan fingerprint density at radius 1 is 1.19 bits per heavy atom. The summed E-state index contributed by atoms with van der Waals surface area (Å²) in [6.45, 7) is 3.30. The summed E-state index contributed by atoms with van der Waals surface area (Å²) in [5, 5.41) is 5.96. The Morgan fingerprint density at radius 2 is 2.06 bits per heavy atom. The first-order valence-corrected chi connectivity index (χ1v) is 5.64. The van der Waals surface area contributed by atoms with Crippen molar-refractivity contribution in [2.75, 3.05) is 19.0 Å². The molecule has 1 atom stereocenters. The zero-order valence-electron chi connectivity index (χ0n) is 9.58. The number of fused-ring (bicyclic) bond motifs is 3. The third-order valence-corrected chi connectivity index (χ3v) is 3.37. The molecule has 0 radical (unpaired) electrons. The molecule has 1 aliphatic rings. The standard InChI is InChI=1S/C14H15NO/c1-9-8-15-12-7-6-10-11(14(9)12)4-3-5-13(10)16-2/h3-7,9,15H,8H2,1-2H3. The van der Waals surface area contributed by atoms with Gasteiger partial charge in [-0.2, -0.15) is 0 Å². The lowest BCUT2D eigenvalue weighted by Gasteiger charge is -2.10. The van der Waals surface area contributed by atoms with Crippen LogP contribution in [0.4, 0.5) is 5.69 Å². The van der Waals surface area contributed by atoms with Crippen LogP contribution in [0.1, 0.15) is 18.4 Å². The van der Waals surface area contributed by atoms with Crippen LogP contribution in [-0.2, 0) is 0 Å². The third kappa shape index (κ3) is 1.19. The van der Waals surface area contributed by atoms with Crippen molar-refractivity contribution in [3.05, 3.63) is 35.9 Å². The van der Waals surface area contributed by atoms with Crippen LogP contribution in [0, 0.1) is 0 Å². The molecule has 2 aromatic carbocycles. The second-order valence-corrected chi connectivity index (χ2v) is 4.36. The summed E-state index contributed by atoms with van der Waals surface area (Å²) in [5.74, 6) is 1.53. The van der Waals surface area contributed by atoms with Crippen LogP contribution in [0.2, 0.25) is 0 Å². The minimum absolute atomic E-state index is 0.575. The average molecular weight is 213 g/mol. The lowest BCUT2D eigenvalue weighted by molar-refractivity contribution is 0.420. The maximum Gasteiger partial charge on any atom is 0.126 e. The molecule has 1 unspecified atom stereocenters.